The Hall–Kier alpha value is -4.63. The number of ether oxygens (including phenoxy) is 3. The van der Waals surface area contributed by atoms with Crippen LogP contribution < -0.4 is 14.8 Å². The number of methoxy groups -OCH3 is 1. The monoisotopic (exact) mass is 636 g/mol. The van der Waals surface area contributed by atoms with Crippen molar-refractivity contribution in [1.82, 2.24) is 9.88 Å². The van der Waals surface area contributed by atoms with Crippen molar-refractivity contribution in [2.75, 3.05) is 26.9 Å². The summed E-state index contributed by atoms with van der Waals surface area (Å²) in [5.41, 5.74) is 4.80. The number of rotatable bonds is 8. The van der Waals surface area contributed by atoms with Gasteiger partial charge in [0.2, 0.25) is 0 Å². The number of hydrogen-bond donors (Lipinski definition) is 2. The summed E-state index contributed by atoms with van der Waals surface area (Å²) < 4.78 is 19.7. The summed E-state index contributed by atoms with van der Waals surface area (Å²) in [6.45, 7) is 1.86. The molecule has 2 fully saturated rings. The van der Waals surface area contributed by atoms with Crippen molar-refractivity contribution in [2.45, 2.75) is 69.4 Å². The number of fused-ring (bicyclic) bond motifs is 5. The Morgan fingerprint density at radius 1 is 0.936 bits per heavy atom. The molecule has 0 radical (unpaired) electrons. The molecule has 3 heterocycles. The summed E-state index contributed by atoms with van der Waals surface area (Å²) in [5, 5.41) is 13.5. The van der Waals surface area contributed by atoms with Gasteiger partial charge in [-0.15, -0.1) is 0 Å². The third kappa shape index (κ3) is 5.89. The average molecular weight is 637 g/mol. The molecule has 1 aromatic heterocycles. The predicted molar refractivity (Wildman–Crippen MR) is 178 cm³/mol. The van der Waals surface area contributed by atoms with Crippen LogP contribution in [-0.2, 0) is 22.5 Å². The SMILES string of the molecule is COc1ccc2c(c1)OCCn1c-2c(C2CCCCC2)c2ccc(C(=O)NC3(C(=O)Cc4ccc(C(=O)O)cc4)CCOCC3)cc21. The topological polar surface area (TPSA) is 116 Å². The maximum absolute atomic E-state index is 14.0. The maximum atomic E-state index is 14.0. The van der Waals surface area contributed by atoms with E-state index in [1.807, 2.05) is 24.3 Å². The van der Waals surface area contributed by atoms with Crippen LogP contribution in [0.25, 0.3) is 22.2 Å². The third-order valence-electron chi connectivity index (χ3n) is 10.2. The molecule has 2 aliphatic heterocycles. The van der Waals surface area contributed by atoms with Gasteiger partial charge in [-0.25, -0.2) is 4.79 Å². The molecule has 2 N–H and O–H groups in total. The van der Waals surface area contributed by atoms with Gasteiger partial charge in [0.25, 0.3) is 5.91 Å². The van der Waals surface area contributed by atoms with E-state index in [2.05, 4.69) is 22.0 Å². The zero-order chi connectivity index (χ0) is 32.5. The van der Waals surface area contributed by atoms with Gasteiger partial charge in [-0.1, -0.05) is 37.5 Å². The van der Waals surface area contributed by atoms with Crippen LogP contribution >= 0.6 is 0 Å². The fourth-order valence-electron chi connectivity index (χ4n) is 7.64. The molecule has 244 valence electrons. The van der Waals surface area contributed by atoms with Crippen LogP contribution in [0.3, 0.4) is 0 Å². The second-order valence-corrected chi connectivity index (χ2v) is 12.9. The van der Waals surface area contributed by atoms with E-state index in [1.165, 1.54) is 37.0 Å². The quantitative estimate of drug-likeness (QED) is 0.226. The standard InChI is InChI=1S/C38H40N2O7/c1-45-28-12-14-30-32(23-28)47-20-17-40-31-22-27(11-13-29(31)34(35(30)40)25-5-3-2-4-6-25)36(42)39-38(15-18-46-19-16-38)33(41)21-24-7-9-26(10-8-24)37(43)44/h7-14,22-23,25H,2-6,15-21H2,1H3,(H,39,42)(H,43,44). The van der Waals surface area contributed by atoms with Gasteiger partial charge < -0.3 is 29.2 Å². The number of carbonyl (C=O) groups excluding carboxylic acids is 2. The van der Waals surface area contributed by atoms with Crippen molar-refractivity contribution < 1.29 is 33.7 Å². The zero-order valence-electron chi connectivity index (χ0n) is 26.7. The number of aromatic carboxylic acids is 1. The highest BCUT2D eigenvalue weighted by Gasteiger charge is 2.41. The molecule has 3 aromatic carbocycles. The zero-order valence-corrected chi connectivity index (χ0v) is 26.7. The van der Waals surface area contributed by atoms with Crippen LogP contribution in [0.5, 0.6) is 11.5 Å². The minimum atomic E-state index is -1.08. The second kappa shape index (κ2) is 12.9. The summed E-state index contributed by atoms with van der Waals surface area (Å²) in [6.07, 6.45) is 6.75. The highest BCUT2D eigenvalue weighted by atomic mass is 16.5. The number of benzene rings is 3. The van der Waals surface area contributed by atoms with E-state index in [9.17, 15) is 19.5 Å². The van der Waals surface area contributed by atoms with Crippen molar-refractivity contribution in [1.29, 1.82) is 0 Å². The molecule has 1 saturated heterocycles. The predicted octanol–water partition coefficient (Wildman–Crippen LogP) is 6.55. The fraction of sp³-hybridized carbons (Fsp3) is 0.395. The van der Waals surface area contributed by atoms with Crippen LogP contribution in [0.2, 0.25) is 0 Å². The Balaban J connectivity index is 1.24. The Morgan fingerprint density at radius 2 is 1.68 bits per heavy atom. The number of amides is 1. The molecule has 9 heteroatoms. The molecule has 1 amide bonds. The van der Waals surface area contributed by atoms with Crippen molar-refractivity contribution in [3.63, 3.8) is 0 Å². The number of carboxylic acid groups (broad SMARTS) is 1. The molecule has 0 atom stereocenters. The van der Waals surface area contributed by atoms with Crippen LogP contribution in [0.4, 0.5) is 0 Å². The van der Waals surface area contributed by atoms with Crippen molar-refractivity contribution in [2.24, 2.45) is 0 Å². The molecule has 47 heavy (non-hydrogen) atoms. The van der Waals surface area contributed by atoms with Gasteiger partial charge in [-0.05, 0) is 66.3 Å². The van der Waals surface area contributed by atoms with Gasteiger partial charge in [-0.2, -0.15) is 0 Å². The molecular weight excluding hydrogens is 596 g/mol. The lowest BCUT2D eigenvalue weighted by Gasteiger charge is -2.36. The molecule has 7 rings (SSSR count). The van der Waals surface area contributed by atoms with E-state index >= 15 is 0 Å². The van der Waals surface area contributed by atoms with Crippen LogP contribution in [-0.4, -0.2) is 59.8 Å². The number of carbonyl (C=O) groups is 3. The number of aromatic nitrogens is 1. The first-order valence-electron chi connectivity index (χ1n) is 16.6. The van der Waals surface area contributed by atoms with Gasteiger partial charge in [0.05, 0.1) is 24.9 Å². The number of nitrogens with zero attached hydrogens (tertiary/aromatic N) is 1. The summed E-state index contributed by atoms with van der Waals surface area (Å²) in [6, 6.07) is 18.3. The molecule has 1 aliphatic carbocycles. The van der Waals surface area contributed by atoms with E-state index in [0.717, 1.165) is 46.5 Å². The maximum Gasteiger partial charge on any atom is 0.335 e. The largest absolute Gasteiger partial charge is 0.497 e. The number of nitrogens with one attached hydrogen (secondary N) is 1. The number of hydrogen-bond acceptors (Lipinski definition) is 6. The Bertz CT molecular complexity index is 1830. The molecule has 0 unspecified atom stereocenters. The van der Waals surface area contributed by atoms with Crippen molar-refractivity contribution in [3.8, 4) is 22.8 Å². The van der Waals surface area contributed by atoms with Gasteiger partial charge in [0.1, 0.15) is 23.6 Å². The molecule has 0 bridgehead atoms. The lowest BCUT2D eigenvalue weighted by molar-refractivity contribution is -0.128. The smallest absolute Gasteiger partial charge is 0.335 e. The third-order valence-corrected chi connectivity index (χ3v) is 10.2. The van der Waals surface area contributed by atoms with Gasteiger partial charge in [-0.3, -0.25) is 9.59 Å². The van der Waals surface area contributed by atoms with Gasteiger partial charge in [0.15, 0.2) is 5.78 Å². The van der Waals surface area contributed by atoms with E-state index in [0.29, 0.717) is 56.3 Å². The normalized spacial score (nSPS) is 17.6. The van der Waals surface area contributed by atoms with Crippen molar-refractivity contribution >= 4 is 28.6 Å². The molecule has 9 nitrogen and oxygen atoms in total. The summed E-state index contributed by atoms with van der Waals surface area (Å²) in [4.78, 5) is 39.2. The minimum absolute atomic E-state index is 0.0837. The van der Waals surface area contributed by atoms with E-state index in [-0.39, 0.29) is 23.7 Å². The summed E-state index contributed by atoms with van der Waals surface area (Å²) in [5.74, 6) is 0.546. The first-order chi connectivity index (χ1) is 22.9. The molecule has 0 spiro atoms. The van der Waals surface area contributed by atoms with Gasteiger partial charge in [0, 0.05) is 60.6 Å². The first-order valence-corrected chi connectivity index (χ1v) is 16.6. The Labute approximate surface area is 273 Å². The van der Waals surface area contributed by atoms with E-state index in [1.54, 1.807) is 19.2 Å². The number of Topliss-reactive ketones (excluding diaryl/α,β-unsaturated/α-hetero) is 1. The number of ketones is 1. The highest BCUT2D eigenvalue weighted by Crippen LogP contribution is 2.47. The summed E-state index contributed by atoms with van der Waals surface area (Å²) in [7, 11) is 1.66. The lowest BCUT2D eigenvalue weighted by atomic mass is 9.81. The van der Waals surface area contributed by atoms with Crippen LogP contribution in [0, 0.1) is 0 Å². The molecule has 1 saturated carbocycles. The average Bonchev–Trinajstić information content (AvgIpc) is 3.30. The van der Waals surface area contributed by atoms with Gasteiger partial charge >= 0.3 is 5.97 Å². The second-order valence-electron chi connectivity index (χ2n) is 12.9. The summed E-state index contributed by atoms with van der Waals surface area (Å²) >= 11 is 0. The number of carboxylic acids is 1. The Kier molecular flexibility index (Phi) is 8.49. The molecular formula is C38H40N2O7. The molecule has 3 aliphatic rings. The molecule has 4 aromatic rings. The first kappa shape index (κ1) is 31.0. The minimum Gasteiger partial charge on any atom is -0.497 e. The van der Waals surface area contributed by atoms with Crippen molar-refractivity contribution in [3.05, 3.63) is 82.9 Å². The highest BCUT2D eigenvalue weighted by molar-refractivity contribution is 6.04. The lowest BCUT2D eigenvalue weighted by Crippen LogP contribution is -2.58. The Morgan fingerprint density at radius 3 is 2.40 bits per heavy atom. The van der Waals surface area contributed by atoms with E-state index < -0.39 is 11.5 Å². The van der Waals surface area contributed by atoms with Crippen LogP contribution in [0.15, 0.2) is 60.7 Å². The fourth-order valence-corrected chi connectivity index (χ4v) is 7.64. The van der Waals surface area contributed by atoms with Crippen LogP contribution in [0.1, 0.15) is 82.7 Å². The van der Waals surface area contributed by atoms with E-state index in [4.69, 9.17) is 14.2 Å².